The molecule has 0 unspecified atom stereocenters. The van der Waals surface area contributed by atoms with Crippen molar-refractivity contribution in [1.82, 2.24) is 0 Å². The Labute approximate surface area is 377 Å². The van der Waals surface area contributed by atoms with E-state index in [1.165, 1.54) is 11.9 Å². The minimum atomic E-state index is -1.68. The summed E-state index contributed by atoms with van der Waals surface area (Å²) in [6.45, 7) is 13.6. The van der Waals surface area contributed by atoms with Crippen molar-refractivity contribution < 1.29 is 84.3 Å². The molecule has 0 spiro atoms. The molecule has 0 aromatic rings. The number of carbonyl (C=O) groups excluding carboxylic acids is 1. The van der Waals surface area contributed by atoms with Gasteiger partial charge in [-0.25, -0.2) is 0 Å². The van der Waals surface area contributed by atoms with Crippen molar-refractivity contribution in [3.8, 4) is 0 Å². The molecule has 17 heteroatoms. The molecule has 3 saturated heterocycles. The van der Waals surface area contributed by atoms with Crippen LogP contribution < -0.4 is 0 Å². The molecule has 64 heavy (non-hydrogen) atoms. The Morgan fingerprint density at radius 2 is 1.31 bits per heavy atom. The Kier molecular flexibility index (Phi) is 15.0. The highest BCUT2D eigenvalue weighted by molar-refractivity contribution is 5.62. The van der Waals surface area contributed by atoms with Gasteiger partial charge in [0.05, 0.1) is 31.5 Å². The number of rotatable bonds is 13. The second-order valence-corrected chi connectivity index (χ2v) is 22.0. The summed E-state index contributed by atoms with van der Waals surface area (Å²) in [5.41, 5.74) is -1.39. The molecule has 4 aliphatic carbocycles. The zero-order valence-corrected chi connectivity index (χ0v) is 38.6. The molecular formula is C47H78O17. The fraction of sp³-hybridized carbons (Fsp3) is 0.936. The molecule has 3 heterocycles. The van der Waals surface area contributed by atoms with E-state index < -0.39 is 122 Å². The van der Waals surface area contributed by atoms with E-state index in [-0.39, 0.29) is 41.1 Å². The van der Waals surface area contributed by atoms with Gasteiger partial charge in [-0.2, -0.15) is 0 Å². The summed E-state index contributed by atoms with van der Waals surface area (Å²) >= 11 is 0. The highest BCUT2D eigenvalue weighted by Gasteiger charge is 2.71. The van der Waals surface area contributed by atoms with E-state index in [2.05, 4.69) is 40.7 Å². The maximum atomic E-state index is 14.0. The predicted octanol–water partition coefficient (Wildman–Crippen LogP) is 0.821. The van der Waals surface area contributed by atoms with Crippen molar-refractivity contribution in [2.75, 3.05) is 19.8 Å². The summed E-state index contributed by atoms with van der Waals surface area (Å²) in [5, 5.41) is 106. The number of aliphatic hydroxyl groups is 10. The number of hydrogen-bond acceptors (Lipinski definition) is 17. The summed E-state index contributed by atoms with van der Waals surface area (Å²) in [4.78, 5) is 14.0. The molecule has 17 nitrogen and oxygen atoms in total. The molecule has 4 saturated carbocycles. The van der Waals surface area contributed by atoms with E-state index in [0.717, 1.165) is 38.5 Å². The fourth-order valence-electron chi connectivity index (χ4n) is 14.4. The first-order chi connectivity index (χ1) is 30.0. The maximum Gasteiger partial charge on any atom is 0.187 e. The van der Waals surface area contributed by atoms with Gasteiger partial charge in [-0.15, -0.1) is 0 Å². The zero-order valence-electron chi connectivity index (χ0n) is 38.6. The molecule has 0 bridgehead atoms. The van der Waals surface area contributed by atoms with Crippen LogP contribution in [0.15, 0.2) is 11.6 Å². The summed E-state index contributed by atoms with van der Waals surface area (Å²) < 4.78 is 37.0. The Hall–Kier alpha value is -1.23. The molecular weight excluding hydrogens is 837 g/mol. The lowest BCUT2D eigenvalue weighted by molar-refractivity contribution is -0.370. The van der Waals surface area contributed by atoms with Crippen LogP contribution in [0, 0.1) is 45.3 Å². The van der Waals surface area contributed by atoms with Crippen LogP contribution in [0.2, 0.25) is 0 Å². The number of aldehydes is 1. The molecule has 0 aromatic carbocycles. The van der Waals surface area contributed by atoms with Gasteiger partial charge in [0.2, 0.25) is 0 Å². The first-order valence-electron chi connectivity index (χ1n) is 23.7. The maximum absolute atomic E-state index is 14.0. The molecule has 368 valence electrons. The third kappa shape index (κ3) is 8.40. The van der Waals surface area contributed by atoms with E-state index in [1.807, 2.05) is 13.8 Å². The van der Waals surface area contributed by atoms with Gasteiger partial charge in [0, 0.05) is 5.41 Å². The van der Waals surface area contributed by atoms with Crippen molar-refractivity contribution in [2.24, 2.45) is 45.3 Å². The number of fused-ring (bicyclic) bond motifs is 5. The van der Waals surface area contributed by atoms with Crippen molar-refractivity contribution in [2.45, 2.75) is 210 Å². The van der Waals surface area contributed by atoms with Crippen molar-refractivity contribution in [3.63, 3.8) is 0 Å². The van der Waals surface area contributed by atoms with Crippen LogP contribution in [-0.2, 0) is 33.2 Å². The van der Waals surface area contributed by atoms with Gasteiger partial charge >= 0.3 is 0 Å². The van der Waals surface area contributed by atoms with Gasteiger partial charge in [-0.1, -0.05) is 39.3 Å². The molecule has 7 fully saturated rings. The Bertz CT molecular complexity index is 1640. The average Bonchev–Trinajstić information content (AvgIpc) is 3.62. The number of allylic oxidation sites excluding steroid dienone is 2. The van der Waals surface area contributed by atoms with Crippen LogP contribution in [0.1, 0.15) is 113 Å². The molecule has 7 aliphatic rings. The number of ether oxygens (including phenoxy) is 6. The second-order valence-electron chi connectivity index (χ2n) is 22.0. The highest BCUT2D eigenvalue weighted by Crippen LogP contribution is 2.76. The van der Waals surface area contributed by atoms with Gasteiger partial charge in [0.25, 0.3) is 0 Å². The van der Waals surface area contributed by atoms with Gasteiger partial charge in [-0.3, -0.25) is 0 Å². The lowest BCUT2D eigenvalue weighted by atomic mass is 9.35. The normalized spacial score (nSPS) is 51.2. The van der Waals surface area contributed by atoms with Crippen molar-refractivity contribution in [1.29, 1.82) is 0 Å². The first kappa shape index (κ1) is 50.6. The van der Waals surface area contributed by atoms with E-state index in [4.69, 9.17) is 28.4 Å². The summed E-state index contributed by atoms with van der Waals surface area (Å²) in [7, 11) is 0. The van der Waals surface area contributed by atoms with Gasteiger partial charge in [-0.05, 0) is 125 Å². The fourth-order valence-corrected chi connectivity index (χ4v) is 14.4. The molecule has 0 aromatic heterocycles. The zero-order chi connectivity index (χ0) is 46.9. The standard InChI is InChI=1S/C47H78O17/c1-23(2)9-8-15-46(7,64-41-38(58)35(55)33(53)27(19-48)60-41)25-12-16-44(5)24(25)10-11-30-45(44,6)17-13-29-43(3,4)31(14-18-47(29,30)22-50)62-42-39(36(56)34(54)28(20-49)61-42)63-40-37(57)32(52)26(51)21-59-40/h9,22,24-42,48-49,51-58H,8,10-21H2,1-7H3/t24-,25+,26+,27-,28-,29+,30+,31+,32+,33-,34-,35+,36+,37-,38-,39-,40+,41+,42+,44-,45-,46+,47-/m1/s1. The van der Waals surface area contributed by atoms with Gasteiger partial charge < -0.3 is 84.3 Å². The summed E-state index contributed by atoms with van der Waals surface area (Å²) in [6, 6.07) is 0. The third-order valence-corrected chi connectivity index (χ3v) is 18.2. The Morgan fingerprint density at radius 1 is 0.688 bits per heavy atom. The average molecular weight is 915 g/mol. The Balaban J connectivity index is 1.13. The van der Waals surface area contributed by atoms with E-state index in [1.54, 1.807) is 0 Å². The van der Waals surface area contributed by atoms with Gasteiger partial charge in [0.1, 0.15) is 73.4 Å². The van der Waals surface area contributed by atoms with Gasteiger partial charge in [0.15, 0.2) is 18.9 Å². The Morgan fingerprint density at radius 3 is 1.95 bits per heavy atom. The van der Waals surface area contributed by atoms with Crippen molar-refractivity contribution >= 4 is 6.29 Å². The van der Waals surface area contributed by atoms with Crippen LogP contribution in [0.4, 0.5) is 0 Å². The lowest BCUT2D eigenvalue weighted by Gasteiger charge is -2.69. The molecule has 0 amide bonds. The SMILES string of the molecule is CC(C)=CCC[C@](C)(O[C@@H]1O[C@H](CO)[C@@H](O)[C@H](O)[C@H]1O)[C@H]1CC[C@]2(C)[C@@H]1CC[C@@H]1[C@@]3(C=O)CC[C@H](O[C@@H]4O[C@H](CO)[C@@H](O)[C@H](O)[C@H]4O[C@@H]4OC[C@H](O)[C@H](O)[C@H]4O)C(C)(C)[C@@H]3CC[C@]12C. The monoisotopic (exact) mass is 915 g/mol. The predicted molar refractivity (Wildman–Crippen MR) is 227 cm³/mol. The largest absolute Gasteiger partial charge is 0.394 e. The van der Waals surface area contributed by atoms with Crippen LogP contribution in [0.25, 0.3) is 0 Å². The molecule has 7 rings (SSSR count). The van der Waals surface area contributed by atoms with E-state index in [9.17, 15) is 55.9 Å². The quantitative estimate of drug-likeness (QED) is 0.0696. The third-order valence-electron chi connectivity index (χ3n) is 18.2. The lowest BCUT2D eigenvalue weighted by Crippen LogP contribution is -2.67. The topological polar surface area (TPSA) is 275 Å². The minimum Gasteiger partial charge on any atom is -0.394 e. The number of hydrogen-bond donors (Lipinski definition) is 10. The summed E-state index contributed by atoms with van der Waals surface area (Å²) in [5.74, 6) is 0.169. The van der Waals surface area contributed by atoms with E-state index in [0.29, 0.717) is 25.7 Å². The smallest absolute Gasteiger partial charge is 0.187 e. The summed E-state index contributed by atoms with van der Waals surface area (Å²) in [6.07, 6.45) is -10.1. The molecule has 23 atom stereocenters. The van der Waals surface area contributed by atoms with Crippen LogP contribution >= 0.6 is 0 Å². The van der Waals surface area contributed by atoms with Crippen LogP contribution in [-0.4, -0.2) is 175 Å². The highest BCUT2D eigenvalue weighted by atomic mass is 16.8. The van der Waals surface area contributed by atoms with Crippen LogP contribution in [0.3, 0.4) is 0 Å². The van der Waals surface area contributed by atoms with Crippen LogP contribution in [0.5, 0.6) is 0 Å². The number of carbonyl (C=O) groups is 1. The molecule has 10 N–H and O–H groups in total. The number of aliphatic hydroxyl groups excluding tert-OH is 10. The molecule has 0 radical (unpaired) electrons. The molecule has 3 aliphatic heterocycles. The van der Waals surface area contributed by atoms with Crippen molar-refractivity contribution in [3.05, 3.63) is 11.6 Å². The minimum absolute atomic E-state index is 0.0365. The first-order valence-corrected chi connectivity index (χ1v) is 23.7. The second kappa shape index (κ2) is 18.9. The van der Waals surface area contributed by atoms with E-state index >= 15 is 0 Å².